The Hall–Kier alpha value is -3.65. The van der Waals surface area contributed by atoms with Gasteiger partial charge in [0.1, 0.15) is 18.1 Å². The minimum absolute atomic E-state index is 0.242. The lowest BCUT2D eigenvalue weighted by Gasteiger charge is -2.20. The smallest absolute Gasteiger partial charge is 0.245 e. The number of para-hydroxylation sites is 1. The van der Waals surface area contributed by atoms with Crippen molar-refractivity contribution < 1.29 is 19.5 Å². The standard InChI is InChI=1S/C23H24N4O4/c28-13-20-23(31)26-19(11-15-12-24-17-9-5-4-8-16(15)17)22(30)25-18(21(29)27-20)10-14-6-2-1-3-7-14/h1-9,12,18-20,24,28H,10-11,13H2,(H,25,30)(H,26,31)(H,27,29)/t18-,19-,20-/m0/s1. The van der Waals surface area contributed by atoms with Gasteiger partial charge < -0.3 is 26.0 Å². The fraction of sp³-hybridized carbons (Fsp3) is 0.261. The summed E-state index contributed by atoms with van der Waals surface area (Å²) in [5, 5.41) is 18.6. The normalized spacial score (nSPS) is 22.1. The molecule has 8 nitrogen and oxygen atoms in total. The summed E-state index contributed by atoms with van der Waals surface area (Å²) >= 11 is 0. The molecule has 2 aromatic carbocycles. The van der Waals surface area contributed by atoms with Gasteiger partial charge in [0.05, 0.1) is 6.61 Å². The zero-order valence-corrected chi connectivity index (χ0v) is 16.8. The lowest BCUT2D eigenvalue weighted by Crippen LogP contribution is -2.52. The maximum atomic E-state index is 13.1. The number of aliphatic hydroxyl groups is 1. The first-order valence-electron chi connectivity index (χ1n) is 10.2. The Morgan fingerprint density at radius 1 is 0.710 bits per heavy atom. The lowest BCUT2D eigenvalue weighted by atomic mass is 10.0. The molecule has 3 atom stereocenters. The summed E-state index contributed by atoms with van der Waals surface area (Å²) in [4.78, 5) is 41.6. The molecule has 0 aliphatic carbocycles. The minimum atomic E-state index is -1.14. The summed E-state index contributed by atoms with van der Waals surface area (Å²) in [6, 6.07) is 14.1. The van der Waals surface area contributed by atoms with Crippen LogP contribution in [0.4, 0.5) is 0 Å². The molecule has 0 spiro atoms. The number of aliphatic hydroxyl groups excluding tert-OH is 1. The van der Waals surface area contributed by atoms with E-state index in [0.29, 0.717) is 0 Å². The van der Waals surface area contributed by atoms with Gasteiger partial charge in [0.15, 0.2) is 0 Å². The van der Waals surface area contributed by atoms with Crippen LogP contribution in [0.3, 0.4) is 0 Å². The van der Waals surface area contributed by atoms with Crippen LogP contribution in [-0.4, -0.2) is 52.5 Å². The molecule has 1 fully saturated rings. The predicted molar refractivity (Wildman–Crippen MR) is 115 cm³/mol. The molecule has 1 saturated heterocycles. The van der Waals surface area contributed by atoms with Crippen LogP contribution in [-0.2, 0) is 27.2 Å². The summed E-state index contributed by atoms with van der Waals surface area (Å²) in [5.41, 5.74) is 2.67. The molecule has 0 radical (unpaired) electrons. The Balaban J connectivity index is 1.61. The zero-order valence-electron chi connectivity index (χ0n) is 16.8. The molecule has 31 heavy (non-hydrogen) atoms. The summed E-state index contributed by atoms with van der Waals surface area (Å²) in [6.07, 6.45) is 2.32. The van der Waals surface area contributed by atoms with Crippen molar-refractivity contribution in [2.24, 2.45) is 0 Å². The monoisotopic (exact) mass is 420 g/mol. The number of aromatic nitrogens is 1. The van der Waals surface area contributed by atoms with Crippen molar-refractivity contribution >= 4 is 28.6 Å². The van der Waals surface area contributed by atoms with Crippen LogP contribution in [0.5, 0.6) is 0 Å². The minimum Gasteiger partial charge on any atom is -0.394 e. The molecule has 0 bridgehead atoms. The van der Waals surface area contributed by atoms with Gasteiger partial charge in [-0.3, -0.25) is 14.4 Å². The topological polar surface area (TPSA) is 123 Å². The van der Waals surface area contributed by atoms with Gasteiger partial charge in [-0.25, -0.2) is 0 Å². The van der Waals surface area contributed by atoms with Crippen molar-refractivity contribution in [3.05, 3.63) is 71.9 Å². The summed E-state index contributed by atoms with van der Waals surface area (Å²) < 4.78 is 0. The van der Waals surface area contributed by atoms with Crippen LogP contribution in [0.1, 0.15) is 11.1 Å². The van der Waals surface area contributed by atoms with Crippen molar-refractivity contribution in [3.8, 4) is 0 Å². The number of fused-ring (bicyclic) bond motifs is 1. The second-order valence-electron chi connectivity index (χ2n) is 7.62. The number of carbonyl (C=O) groups excluding carboxylic acids is 3. The molecule has 1 aliphatic rings. The summed E-state index contributed by atoms with van der Waals surface area (Å²) in [5.74, 6) is -1.57. The third kappa shape index (κ3) is 4.59. The largest absolute Gasteiger partial charge is 0.394 e. The quantitative estimate of drug-likeness (QED) is 0.410. The van der Waals surface area contributed by atoms with Crippen LogP contribution >= 0.6 is 0 Å². The number of hydrogen-bond acceptors (Lipinski definition) is 4. The number of benzene rings is 2. The SMILES string of the molecule is O=C1N[C@@H](Cc2c[nH]c3ccccc23)C(=O)N[C@@H](Cc2ccccc2)C(=O)N[C@H]1CO. The first-order chi connectivity index (χ1) is 15.0. The Kier molecular flexibility index (Phi) is 5.99. The maximum absolute atomic E-state index is 13.1. The van der Waals surface area contributed by atoms with E-state index in [9.17, 15) is 19.5 Å². The number of rotatable bonds is 5. The molecule has 4 rings (SSSR count). The van der Waals surface area contributed by atoms with Gasteiger partial charge in [0, 0.05) is 29.9 Å². The van der Waals surface area contributed by atoms with Crippen molar-refractivity contribution in [1.29, 1.82) is 0 Å². The third-order valence-corrected chi connectivity index (χ3v) is 5.46. The highest BCUT2D eigenvalue weighted by atomic mass is 16.3. The zero-order chi connectivity index (χ0) is 21.8. The average Bonchev–Trinajstić information content (AvgIpc) is 3.20. The van der Waals surface area contributed by atoms with E-state index in [2.05, 4.69) is 20.9 Å². The molecule has 160 valence electrons. The lowest BCUT2D eigenvalue weighted by molar-refractivity contribution is -0.130. The van der Waals surface area contributed by atoms with E-state index in [0.717, 1.165) is 22.0 Å². The fourth-order valence-corrected chi connectivity index (χ4v) is 3.80. The number of amides is 3. The molecular weight excluding hydrogens is 396 g/mol. The van der Waals surface area contributed by atoms with Crippen LogP contribution in [0.15, 0.2) is 60.8 Å². The van der Waals surface area contributed by atoms with E-state index in [1.54, 1.807) is 0 Å². The Labute approximate surface area is 179 Å². The van der Waals surface area contributed by atoms with Gasteiger partial charge in [0.25, 0.3) is 0 Å². The van der Waals surface area contributed by atoms with E-state index < -0.39 is 42.5 Å². The van der Waals surface area contributed by atoms with Crippen LogP contribution in [0.2, 0.25) is 0 Å². The highest BCUT2D eigenvalue weighted by Crippen LogP contribution is 2.19. The van der Waals surface area contributed by atoms with Crippen LogP contribution in [0, 0.1) is 0 Å². The van der Waals surface area contributed by atoms with Crippen molar-refractivity contribution in [2.75, 3.05) is 6.61 Å². The number of nitrogens with one attached hydrogen (secondary N) is 4. The van der Waals surface area contributed by atoms with E-state index >= 15 is 0 Å². The molecule has 0 saturated carbocycles. The van der Waals surface area contributed by atoms with Crippen molar-refractivity contribution in [3.63, 3.8) is 0 Å². The summed E-state index contributed by atoms with van der Waals surface area (Å²) in [7, 11) is 0. The number of H-pyrrole nitrogens is 1. The van der Waals surface area contributed by atoms with Gasteiger partial charge >= 0.3 is 0 Å². The van der Waals surface area contributed by atoms with E-state index in [-0.39, 0.29) is 12.8 Å². The second kappa shape index (κ2) is 9.01. The maximum Gasteiger partial charge on any atom is 0.245 e. The highest BCUT2D eigenvalue weighted by molar-refractivity contribution is 5.97. The second-order valence-corrected chi connectivity index (χ2v) is 7.62. The predicted octanol–water partition coefficient (Wildman–Crippen LogP) is 0.413. The molecule has 0 unspecified atom stereocenters. The molecule has 2 heterocycles. The van der Waals surface area contributed by atoms with Gasteiger partial charge in [0.2, 0.25) is 17.7 Å². The van der Waals surface area contributed by atoms with Gasteiger partial charge in [-0.15, -0.1) is 0 Å². The van der Waals surface area contributed by atoms with E-state index in [1.807, 2.05) is 60.8 Å². The van der Waals surface area contributed by atoms with Gasteiger partial charge in [-0.1, -0.05) is 48.5 Å². The van der Waals surface area contributed by atoms with Crippen molar-refractivity contribution in [1.82, 2.24) is 20.9 Å². The first kappa shape index (κ1) is 20.6. The number of hydrogen-bond donors (Lipinski definition) is 5. The first-order valence-corrected chi connectivity index (χ1v) is 10.2. The van der Waals surface area contributed by atoms with E-state index in [1.165, 1.54) is 0 Å². The molecule has 3 amide bonds. The van der Waals surface area contributed by atoms with Gasteiger partial charge in [-0.05, 0) is 17.2 Å². The Bertz CT molecular complexity index is 1100. The Morgan fingerprint density at radius 3 is 2.00 bits per heavy atom. The van der Waals surface area contributed by atoms with Gasteiger partial charge in [-0.2, -0.15) is 0 Å². The number of carbonyl (C=O) groups is 3. The molecule has 1 aromatic heterocycles. The highest BCUT2D eigenvalue weighted by Gasteiger charge is 2.34. The van der Waals surface area contributed by atoms with Crippen LogP contribution < -0.4 is 16.0 Å². The average molecular weight is 420 g/mol. The molecule has 5 N–H and O–H groups in total. The molecule has 3 aromatic rings. The Morgan fingerprint density at radius 2 is 1.29 bits per heavy atom. The van der Waals surface area contributed by atoms with Crippen LogP contribution in [0.25, 0.3) is 10.9 Å². The molecular formula is C23H24N4O4. The van der Waals surface area contributed by atoms with E-state index in [4.69, 9.17) is 0 Å². The van der Waals surface area contributed by atoms with Crippen molar-refractivity contribution in [2.45, 2.75) is 31.0 Å². The number of aromatic amines is 1. The fourth-order valence-electron chi connectivity index (χ4n) is 3.80. The third-order valence-electron chi connectivity index (χ3n) is 5.46. The molecule has 8 heteroatoms. The molecule has 1 aliphatic heterocycles. The summed E-state index contributed by atoms with van der Waals surface area (Å²) in [6.45, 7) is -0.566.